The fraction of sp³-hybridized carbons (Fsp3) is 0.276. The minimum atomic E-state index is -1.18. The van der Waals surface area contributed by atoms with Crippen molar-refractivity contribution in [1.82, 2.24) is 4.98 Å². The van der Waals surface area contributed by atoms with Gasteiger partial charge in [0.05, 0.1) is 19.4 Å². The second-order valence-electron chi connectivity index (χ2n) is 8.44. The van der Waals surface area contributed by atoms with Crippen LogP contribution in [-0.4, -0.2) is 46.0 Å². The zero-order valence-corrected chi connectivity index (χ0v) is 20.7. The Bertz CT molecular complexity index is 1220. The second kappa shape index (κ2) is 13.8. The molecule has 0 amide bonds. The van der Waals surface area contributed by atoms with Crippen molar-refractivity contribution >= 4 is 18.0 Å². The fourth-order valence-corrected chi connectivity index (χ4v) is 3.72. The monoisotopic (exact) mass is 505 g/mol. The van der Waals surface area contributed by atoms with Crippen molar-refractivity contribution in [2.45, 2.75) is 38.2 Å². The number of aliphatic hydroxyl groups is 1. The van der Waals surface area contributed by atoms with Crippen LogP contribution in [-0.2, 0) is 11.2 Å². The maximum atomic E-state index is 11.2. The Morgan fingerprint density at radius 1 is 1.03 bits per heavy atom. The molecule has 0 aliphatic rings. The molecule has 2 aromatic carbocycles. The van der Waals surface area contributed by atoms with Gasteiger partial charge in [0.2, 0.25) is 0 Å². The number of aliphatic carboxylic acids is 1. The molecule has 0 saturated heterocycles. The number of rotatable bonds is 14. The number of ether oxygens (including phenoxy) is 2. The summed E-state index contributed by atoms with van der Waals surface area (Å²) >= 11 is 0. The van der Waals surface area contributed by atoms with Crippen molar-refractivity contribution < 1.29 is 34.4 Å². The van der Waals surface area contributed by atoms with Crippen molar-refractivity contribution in [3.63, 3.8) is 0 Å². The molecule has 0 radical (unpaired) electrons. The maximum Gasteiger partial charge on any atom is 0.354 e. The number of pyridine rings is 1. The highest BCUT2D eigenvalue weighted by molar-refractivity contribution is 5.85. The van der Waals surface area contributed by atoms with E-state index >= 15 is 0 Å². The molecule has 1 atom stereocenters. The number of hydrogen-bond donors (Lipinski definition) is 3. The minimum Gasteiger partial charge on any atom is -0.497 e. The van der Waals surface area contributed by atoms with Crippen LogP contribution in [0.2, 0.25) is 0 Å². The van der Waals surface area contributed by atoms with Crippen LogP contribution < -0.4 is 9.47 Å². The molecule has 1 unspecified atom stereocenters. The van der Waals surface area contributed by atoms with Gasteiger partial charge in [-0.2, -0.15) is 0 Å². The Morgan fingerprint density at radius 3 is 2.51 bits per heavy atom. The molecule has 1 aromatic heterocycles. The lowest BCUT2D eigenvalue weighted by molar-refractivity contribution is -0.136. The summed E-state index contributed by atoms with van der Waals surface area (Å²) in [6, 6.07) is 17.3. The summed E-state index contributed by atoms with van der Waals surface area (Å²) < 4.78 is 11.1. The molecular formula is C29H31NO7. The summed E-state index contributed by atoms with van der Waals surface area (Å²) in [5.41, 5.74) is 2.27. The lowest BCUT2D eigenvalue weighted by atomic mass is 10.00. The molecular weight excluding hydrogens is 474 g/mol. The largest absolute Gasteiger partial charge is 0.497 e. The number of aryl methyl sites for hydroxylation is 1. The van der Waals surface area contributed by atoms with Gasteiger partial charge in [0.1, 0.15) is 23.3 Å². The van der Waals surface area contributed by atoms with E-state index in [0.29, 0.717) is 23.5 Å². The molecule has 0 spiro atoms. The van der Waals surface area contributed by atoms with E-state index in [1.54, 1.807) is 31.4 Å². The summed E-state index contributed by atoms with van der Waals surface area (Å²) in [6.07, 6.45) is 5.82. The van der Waals surface area contributed by atoms with Gasteiger partial charge in [-0.15, -0.1) is 0 Å². The summed E-state index contributed by atoms with van der Waals surface area (Å²) in [4.78, 5) is 26.4. The van der Waals surface area contributed by atoms with Gasteiger partial charge in [0, 0.05) is 6.42 Å². The summed E-state index contributed by atoms with van der Waals surface area (Å²) in [5, 5.41) is 29.1. The number of aliphatic hydroxyl groups excluding tert-OH is 1. The van der Waals surface area contributed by atoms with E-state index < -0.39 is 18.0 Å². The standard InChI is InChI=1S/C29H31NO7/c1-36-23-14-10-20(11-15-23)7-4-2-3-5-18-37-26-16-12-22(19-21(26)13-17-27(31)32)28(33)24-8-6-9-25(30-24)29(34)35/h4,6-12,14-16,19,28,33H,2-3,5,13,17-18H2,1H3,(H,31,32)(H,34,35)/b7-4+. The third-order valence-corrected chi connectivity index (χ3v) is 5.73. The minimum absolute atomic E-state index is 0.0845. The Balaban J connectivity index is 1.58. The van der Waals surface area contributed by atoms with Gasteiger partial charge in [-0.25, -0.2) is 9.78 Å². The number of carbonyl (C=O) groups is 2. The lowest BCUT2D eigenvalue weighted by Crippen LogP contribution is -2.09. The smallest absolute Gasteiger partial charge is 0.354 e. The van der Waals surface area contributed by atoms with Crippen LogP contribution in [0.5, 0.6) is 11.5 Å². The SMILES string of the molecule is COc1ccc(/C=C/CCCCOc2ccc(C(O)c3cccc(C(=O)O)n3)cc2CCC(=O)O)cc1. The molecule has 0 fully saturated rings. The van der Waals surface area contributed by atoms with Gasteiger partial charge < -0.3 is 24.8 Å². The molecule has 1 heterocycles. The Hall–Kier alpha value is -4.17. The number of allylic oxidation sites excluding steroid dienone is 1. The summed E-state index contributed by atoms with van der Waals surface area (Å²) in [5.74, 6) is -0.727. The van der Waals surface area contributed by atoms with E-state index in [4.69, 9.17) is 19.7 Å². The van der Waals surface area contributed by atoms with E-state index in [2.05, 4.69) is 17.1 Å². The van der Waals surface area contributed by atoms with Crippen LogP contribution in [0.1, 0.15) is 64.7 Å². The fourth-order valence-electron chi connectivity index (χ4n) is 3.72. The quantitative estimate of drug-likeness (QED) is 0.257. The third kappa shape index (κ3) is 8.47. The van der Waals surface area contributed by atoms with Crippen molar-refractivity contribution in [2.24, 2.45) is 0 Å². The first kappa shape index (κ1) is 27.4. The van der Waals surface area contributed by atoms with Gasteiger partial charge in [0.15, 0.2) is 0 Å². The van der Waals surface area contributed by atoms with Crippen molar-refractivity contribution in [2.75, 3.05) is 13.7 Å². The van der Waals surface area contributed by atoms with Crippen LogP contribution in [0.15, 0.2) is 66.7 Å². The van der Waals surface area contributed by atoms with E-state index in [0.717, 1.165) is 30.6 Å². The number of carboxylic acid groups (broad SMARTS) is 2. The highest BCUT2D eigenvalue weighted by Crippen LogP contribution is 2.28. The number of aromatic nitrogens is 1. The van der Waals surface area contributed by atoms with Gasteiger partial charge >= 0.3 is 11.9 Å². The molecule has 0 saturated carbocycles. The Labute approximate surface area is 215 Å². The number of methoxy groups -OCH3 is 1. The normalized spacial score (nSPS) is 11.8. The lowest BCUT2D eigenvalue weighted by Gasteiger charge is -2.16. The van der Waals surface area contributed by atoms with Gasteiger partial charge in [0.25, 0.3) is 0 Å². The molecule has 0 bridgehead atoms. The van der Waals surface area contributed by atoms with Crippen LogP contribution in [0, 0.1) is 0 Å². The van der Waals surface area contributed by atoms with E-state index in [9.17, 15) is 14.7 Å². The van der Waals surface area contributed by atoms with Crippen molar-refractivity contribution in [3.8, 4) is 11.5 Å². The molecule has 8 heteroatoms. The molecule has 0 aliphatic heterocycles. The van der Waals surface area contributed by atoms with Crippen LogP contribution >= 0.6 is 0 Å². The average Bonchev–Trinajstić information content (AvgIpc) is 2.91. The van der Waals surface area contributed by atoms with Gasteiger partial charge in [-0.3, -0.25) is 4.79 Å². The zero-order valence-electron chi connectivity index (χ0n) is 20.7. The van der Waals surface area contributed by atoms with E-state index in [1.807, 2.05) is 24.3 Å². The van der Waals surface area contributed by atoms with Crippen molar-refractivity contribution in [3.05, 3.63) is 94.8 Å². The Morgan fingerprint density at radius 2 is 1.81 bits per heavy atom. The number of nitrogens with zero attached hydrogens (tertiary/aromatic N) is 1. The Kier molecular flexibility index (Phi) is 10.2. The average molecular weight is 506 g/mol. The number of unbranched alkanes of at least 4 members (excludes halogenated alkanes) is 2. The number of benzene rings is 2. The molecule has 0 aliphatic carbocycles. The highest BCUT2D eigenvalue weighted by atomic mass is 16.5. The highest BCUT2D eigenvalue weighted by Gasteiger charge is 2.17. The van der Waals surface area contributed by atoms with E-state index in [-0.39, 0.29) is 24.2 Å². The number of aromatic carboxylic acids is 1. The molecule has 37 heavy (non-hydrogen) atoms. The predicted molar refractivity (Wildman–Crippen MR) is 139 cm³/mol. The summed E-state index contributed by atoms with van der Waals surface area (Å²) in [7, 11) is 1.64. The molecule has 194 valence electrons. The predicted octanol–water partition coefficient (Wildman–Crippen LogP) is 5.15. The first-order valence-electron chi connectivity index (χ1n) is 12.0. The zero-order chi connectivity index (χ0) is 26.6. The van der Waals surface area contributed by atoms with Crippen LogP contribution in [0.3, 0.4) is 0 Å². The maximum absolute atomic E-state index is 11.2. The van der Waals surface area contributed by atoms with Gasteiger partial charge in [-0.05, 0) is 78.8 Å². The number of carboxylic acids is 2. The van der Waals surface area contributed by atoms with Gasteiger partial charge in [-0.1, -0.05) is 36.4 Å². The number of hydrogen-bond acceptors (Lipinski definition) is 6. The topological polar surface area (TPSA) is 126 Å². The van der Waals surface area contributed by atoms with Crippen LogP contribution in [0.25, 0.3) is 6.08 Å². The first-order valence-corrected chi connectivity index (χ1v) is 12.0. The van der Waals surface area contributed by atoms with Crippen LogP contribution in [0.4, 0.5) is 0 Å². The first-order chi connectivity index (χ1) is 17.9. The molecule has 3 rings (SSSR count). The molecule has 3 N–H and O–H groups in total. The van der Waals surface area contributed by atoms with E-state index in [1.165, 1.54) is 12.1 Å². The third-order valence-electron chi connectivity index (χ3n) is 5.73. The van der Waals surface area contributed by atoms with Crippen molar-refractivity contribution in [1.29, 1.82) is 0 Å². The summed E-state index contributed by atoms with van der Waals surface area (Å²) in [6.45, 7) is 0.473. The molecule has 3 aromatic rings. The molecule has 8 nitrogen and oxygen atoms in total. The second-order valence-corrected chi connectivity index (χ2v) is 8.44.